The van der Waals surface area contributed by atoms with Crippen LogP contribution in [0.25, 0.3) is 0 Å². The van der Waals surface area contributed by atoms with E-state index in [0.717, 1.165) is 11.1 Å². The molecule has 170 valence electrons. The second-order valence-corrected chi connectivity index (χ2v) is 6.99. The molecule has 8 heteroatoms. The molecule has 0 aliphatic carbocycles. The summed E-state index contributed by atoms with van der Waals surface area (Å²) in [6, 6.07) is 8.93. The number of rotatable bonds is 11. The Hall–Kier alpha value is -3.13. The van der Waals surface area contributed by atoms with Gasteiger partial charge in [0.05, 0.1) is 41.6 Å². The van der Waals surface area contributed by atoms with Crippen LogP contribution in [0.1, 0.15) is 18.1 Å². The third-order valence-electron chi connectivity index (χ3n) is 5.16. The van der Waals surface area contributed by atoms with Crippen LogP contribution in [-0.2, 0) is 17.9 Å². The summed E-state index contributed by atoms with van der Waals surface area (Å²) < 4.78 is 26.9. The Morgan fingerprint density at radius 2 is 1.48 bits per heavy atom. The van der Waals surface area contributed by atoms with Crippen LogP contribution < -0.4 is 29.0 Å². The lowest BCUT2D eigenvalue weighted by Crippen LogP contribution is -2.42. The molecule has 0 aromatic heterocycles. The van der Waals surface area contributed by atoms with E-state index < -0.39 is 0 Å². The van der Waals surface area contributed by atoms with Gasteiger partial charge in [0.2, 0.25) is 11.7 Å². The highest BCUT2D eigenvalue weighted by atomic mass is 16.5. The Labute approximate surface area is 184 Å². The van der Waals surface area contributed by atoms with E-state index >= 15 is 0 Å². The molecule has 0 spiro atoms. The molecule has 1 N–H and O–H groups in total. The molecule has 0 aliphatic rings. The zero-order valence-electron chi connectivity index (χ0n) is 19.3. The molecule has 0 saturated heterocycles. The molecule has 1 atom stereocenters. The maximum Gasteiger partial charge on any atom is 0.237 e. The van der Waals surface area contributed by atoms with Gasteiger partial charge in [-0.3, -0.25) is 9.69 Å². The molecule has 1 amide bonds. The van der Waals surface area contributed by atoms with Gasteiger partial charge in [-0.25, -0.2) is 0 Å². The van der Waals surface area contributed by atoms with Crippen LogP contribution in [0.15, 0.2) is 30.3 Å². The Morgan fingerprint density at radius 1 is 0.871 bits per heavy atom. The van der Waals surface area contributed by atoms with Crippen molar-refractivity contribution in [2.45, 2.75) is 26.1 Å². The molecule has 1 unspecified atom stereocenters. The SMILES string of the molecule is COc1ccc(CNC(=O)C(C)N(C)Cc2ccc(OC)c(OC)c2OC)cc1OC. The first-order chi connectivity index (χ1) is 14.9. The molecule has 2 aromatic rings. The van der Waals surface area contributed by atoms with Crippen molar-refractivity contribution in [3.63, 3.8) is 0 Å². The summed E-state index contributed by atoms with van der Waals surface area (Å²) in [7, 11) is 9.78. The fraction of sp³-hybridized carbons (Fsp3) is 0.435. The van der Waals surface area contributed by atoms with Crippen molar-refractivity contribution in [1.29, 1.82) is 0 Å². The van der Waals surface area contributed by atoms with Gasteiger partial charge in [0.25, 0.3) is 0 Å². The molecule has 2 rings (SSSR count). The predicted molar refractivity (Wildman–Crippen MR) is 118 cm³/mol. The number of amides is 1. The number of methoxy groups -OCH3 is 5. The number of likely N-dealkylation sites (N-methyl/N-ethyl adjacent to an activating group) is 1. The van der Waals surface area contributed by atoms with Gasteiger partial charge in [-0.15, -0.1) is 0 Å². The van der Waals surface area contributed by atoms with E-state index in [4.69, 9.17) is 23.7 Å². The Morgan fingerprint density at radius 3 is 2.06 bits per heavy atom. The molecule has 0 heterocycles. The Kier molecular flexibility index (Phi) is 8.81. The van der Waals surface area contributed by atoms with Crippen molar-refractivity contribution >= 4 is 5.91 Å². The van der Waals surface area contributed by atoms with Crippen LogP contribution in [-0.4, -0.2) is 59.4 Å². The van der Waals surface area contributed by atoms with E-state index in [-0.39, 0.29) is 11.9 Å². The van der Waals surface area contributed by atoms with Crippen LogP contribution in [0.4, 0.5) is 0 Å². The highest BCUT2D eigenvalue weighted by molar-refractivity contribution is 5.81. The predicted octanol–water partition coefficient (Wildman–Crippen LogP) is 2.87. The fourth-order valence-corrected chi connectivity index (χ4v) is 3.22. The van der Waals surface area contributed by atoms with Crippen molar-refractivity contribution < 1.29 is 28.5 Å². The number of ether oxygens (including phenoxy) is 5. The summed E-state index contributed by atoms with van der Waals surface area (Å²) in [5.41, 5.74) is 1.81. The first-order valence-electron chi connectivity index (χ1n) is 9.86. The van der Waals surface area contributed by atoms with Crippen LogP contribution >= 0.6 is 0 Å². The molecular weight excluding hydrogens is 400 g/mol. The molecule has 0 bridgehead atoms. The number of benzene rings is 2. The van der Waals surface area contributed by atoms with Gasteiger partial charge in [0.15, 0.2) is 23.0 Å². The average Bonchev–Trinajstić information content (AvgIpc) is 2.80. The normalized spacial score (nSPS) is 11.6. The summed E-state index contributed by atoms with van der Waals surface area (Å²) >= 11 is 0. The molecule has 0 saturated carbocycles. The van der Waals surface area contributed by atoms with Gasteiger partial charge in [-0.05, 0) is 37.7 Å². The zero-order valence-corrected chi connectivity index (χ0v) is 19.3. The number of hydrogen-bond acceptors (Lipinski definition) is 7. The maximum atomic E-state index is 12.7. The molecular formula is C23H32N2O6. The number of carbonyl (C=O) groups is 1. The van der Waals surface area contributed by atoms with Crippen molar-refractivity contribution in [3.8, 4) is 28.7 Å². The van der Waals surface area contributed by atoms with Crippen molar-refractivity contribution in [1.82, 2.24) is 10.2 Å². The van der Waals surface area contributed by atoms with Crippen molar-refractivity contribution in [2.24, 2.45) is 0 Å². The highest BCUT2D eigenvalue weighted by Crippen LogP contribution is 2.40. The minimum absolute atomic E-state index is 0.0864. The molecule has 0 radical (unpaired) electrons. The Bertz CT molecular complexity index is 887. The van der Waals surface area contributed by atoms with Gasteiger partial charge in [0.1, 0.15) is 0 Å². The third-order valence-corrected chi connectivity index (χ3v) is 5.16. The molecule has 2 aromatic carbocycles. The lowest BCUT2D eigenvalue weighted by Gasteiger charge is -2.25. The van der Waals surface area contributed by atoms with Crippen molar-refractivity contribution in [3.05, 3.63) is 41.5 Å². The van der Waals surface area contributed by atoms with Gasteiger partial charge < -0.3 is 29.0 Å². The number of carbonyl (C=O) groups excluding carboxylic acids is 1. The van der Waals surface area contributed by atoms with Gasteiger partial charge in [0, 0.05) is 18.7 Å². The summed E-state index contributed by atoms with van der Waals surface area (Å²) in [6.07, 6.45) is 0. The van der Waals surface area contributed by atoms with E-state index in [1.165, 1.54) is 0 Å². The van der Waals surface area contributed by atoms with Crippen LogP contribution in [0, 0.1) is 0 Å². The topological polar surface area (TPSA) is 78.5 Å². The van der Waals surface area contributed by atoms with Crippen LogP contribution in [0.5, 0.6) is 28.7 Å². The lowest BCUT2D eigenvalue weighted by atomic mass is 10.1. The summed E-state index contributed by atoms with van der Waals surface area (Å²) in [5, 5.41) is 2.97. The monoisotopic (exact) mass is 432 g/mol. The summed E-state index contributed by atoms with van der Waals surface area (Å²) in [4.78, 5) is 14.7. The first kappa shape index (κ1) is 24.1. The molecule has 31 heavy (non-hydrogen) atoms. The van der Waals surface area contributed by atoms with E-state index in [1.54, 1.807) is 35.5 Å². The fourth-order valence-electron chi connectivity index (χ4n) is 3.22. The first-order valence-corrected chi connectivity index (χ1v) is 9.86. The van der Waals surface area contributed by atoms with Crippen LogP contribution in [0.2, 0.25) is 0 Å². The maximum absolute atomic E-state index is 12.7. The number of nitrogens with zero attached hydrogens (tertiary/aromatic N) is 1. The van der Waals surface area contributed by atoms with E-state index in [9.17, 15) is 4.79 Å². The zero-order chi connectivity index (χ0) is 23.0. The minimum atomic E-state index is -0.363. The van der Waals surface area contributed by atoms with E-state index in [0.29, 0.717) is 41.8 Å². The van der Waals surface area contributed by atoms with Gasteiger partial charge >= 0.3 is 0 Å². The summed E-state index contributed by atoms with van der Waals surface area (Å²) in [5.74, 6) is 2.89. The summed E-state index contributed by atoms with van der Waals surface area (Å²) in [6.45, 7) is 2.74. The highest BCUT2D eigenvalue weighted by Gasteiger charge is 2.22. The standard InChI is InChI=1S/C23H32N2O6/c1-15(23(26)24-13-16-8-10-18(27-3)20(12-16)29-5)25(2)14-17-9-11-19(28-4)22(31-7)21(17)30-6/h8-12,15H,13-14H2,1-7H3,(H,24,26). The van der Waals surface area contributed by atoms with E-state index in [2.05, 4.69) is 5.32 Å². The lowest BCUT2D eigenvalue weighted by molar-refractivity contribution is -0.125. The largest absolute Gasteiger partial charge is 0.493 e. The Balaban J connectivity index is 2.05. The van der Waals surface area contributed by atoms with Crippen LogP contribution in [0.3, 0.4) is 0 Å². The number of hydrogen-bond donors (Lipinski definition) is 1. The average molecular weight is 433 g/mol. The molecule has 8 nitrogen and oxygen atoms in total. The molecule has 0 fully saturated rings. The quantitative estimate of drug-likeness (QED) is 0.585. The molecule has 0 aliphatic heterocycles. The van der Waals surface area contributed by atoms with Gasteiger partial charge in [-0.1, -0.05) is 12.1 Å². The second-order valence-electron chi connectivity index (χ2n) is 6.99. The number of nitrogens with one attached hydrogen (secondary N) is 1. The minimum Gasteiger partial charge on any atom is -0.493 e. The van der Waals surface area contributed by atoms with Gasteiger partial charge in [-0.2, -0.15) is 0 Å². The second kappa shape index (κ2) is 11.3. The third kappa shape index (κ3) is 5.73. The van der Waals surface area contributed by atoms with E-state index in [1.807, 2.05) is 49.2 Å². The van der Waals surface area contributed by atoms with Crippen molar-refractivity contribution in [2.75, 3.05) is 42.6 Å². The smallest absolute Gasteiger partial charge is 0.237 e.